The molecule has 0 spiro atoms. The van der Waals surface area contributed by atoms with Gasteiger partial charge in [0.05, 0.1) is 17.0 Å². The quantitative estimate of drug-likeness (QED) is 0.443. The molecule has 0 aliphatic rings. The van der Waals surface area contributed by atoms with Gasteiger partial charge < -0.3 is 9.26 Å². The number of benzene rings is 2. The van der Waals surface area contributed by atoms with Crippen LogP contribution < -0.4 is 15.6 Å². The molecule has 3 aromatic rings. The summed E-state index contributed by atoms with van der Waals surface area (Å²) in [7, 11) is 0. The Morgan fingerprint density at radius 1 is 1.07 bits per heavy atom. The normalized spacial score (nSPS) is 10.5. The summed E-state index contributed by atoms with van der Waals surface area (Å²) in [5.74, 6) is 0.715. The van der Waals surface area contributed by atoms with Gasteiger partial charge in [0, 0.05) is 10.5 Å². The van der Waals surface area contributed by atoms with Crippen LogP contribution in [0.1, 0.15) is 32.9 Å². The number of nitrogens with zero attached hydrogens (tertiary/aromatic N) is 1. The van der Waals surface area contributed by atoms with E-state index in [1.165, 1.54) is 11.8 Å². The van der Waals surface area contributed by atoms with Crippen molar-refractivity contribution in [1.82, 2.24) is 16.0 Å². The summed E-state index contributed by atoms with van der Waals surface area (Å²) in [6, 6.07) is 14.6. The molecule has 3 rings (SSSR count). The lowest BCUT2D eigenvalue weighted by Gasteiger charge is -2.10. The topological polar surface area (TPSA) is 93.5 Å². The second-order valence-corrected chi connectivity index (χ2v) is 7.77. The first kappa shape index (κ1) is 21.4. The Kier molecular flexibility index (Phi) is 7.13. The monoisotopic (exact) mass is 425 g/mol. The Balaban J connectivity index is 1.48. The number of carbonyl (C=O) groups excluding carboxylic acids is 2. The van der Waals surface area contributed by atoms with Crippen molar-refractivity contribution in [3.8, 4) is 5.75 Å². The number of carbonyl (C=O) groups is 2. The summed E-state index contributed by atoms with van der Waals surface area (Å²) < 4.78 is 10.9. The minimum Gasteiger partial charge on any atom is -0.489 e. The van der Waals surface area contributed by atoms with Gasteiger partial charge in [0.2, 0.25) is 5.91 Å². The summed E-state index contributed by atoms with van der Waals surface area (Å²) in [6.07, 6.45) is 0. The van der Waals surface area contributed by atoms with Gasteiger partial charge in [-0.2, -0.15) is 0 Å². The Morgan fingerprint density at radius 3 is 2.53 bits per heavy atom. The third kappa shape index (κ3) is 5.87. The van der Waals surface area contributed by atoms with Gasteiger partial charge in [-0.15, -0.1) is 11.8 Å². The highest BCUT2D eigenvalue weighted by Gasteiger charge is 2.12. The molecule has 1 aromatic heterocycles. The van der Waals surface area contributed by atoms with E-state index >= 15 is 0 Å². The lowest BCUT2D eigenvalue weighted by atomic mass is 10.2. The molecule has 2 aromatic carbocycles. The van der Waals surface area contributed by atoms with Gasteiger partial charge >= 0.3 is 0 Å². The fraction of sp³-hybridized carbons (Fsp3) is 0.227. The molecule has 0 atom stereocenters. The van der Waals surface area contributed by atoms with Crippen LogP contribution >= 0.6 is 11.8 Å². The number of hydrazine groups is 1. The average molecular weight is 426 g/mol. The number of thioether (sulfide) groups is 1. The minimum atomic E-state index is -0.425. The van der Waals surface area contributed by atoms with Gasteiger partial charge in [-0.05, 0) is 51.1 Å². The van der Waals surface area contributed by atoms with Crippen LogP contribution in [-0.4, -0.2) is 22.7 Å². The molecule has 0 unspecified atom stereocenters. The van der Waals surface area contributed by atoms with Crippen LogP contribution in [0.5, 0.6) is 5.75 Å². The van der Waals surface area contributed by atoms with Crippen LogP contribution in [0.15, 0.2) is 57.9 Å². The Labute approximate surface area is 179 Å². The smallest absolute Gasteiger partial charge is 0.269 e. The molecule has 0 saturated heterocycles. The molecule has 2 amide bonds. The molecule has 30 heavy (non-hydrogen) atoms. The molecule has 0 bridgehead atoms. The van der Waals surface area contributed by atoms with E-state index in [9.17, 15) is 9.59 Å². The van der Waals surface area contributed by atoms with Crippen molar-refractivity contribution < 1.29 is 18.8 Å². The zero-order valence-corrected chi connectivity index (χ0v) is 17.8. The van der Waals surface area contributed by atoms with Crippen LogP contribution in [0.3, 0.4) is 0 Å². The van der Waals surface area contributed by atoms with E-state index in [-0.39, 0.29) is 11.7 Å². The van der Waals surface area contributed by atoms with E-state index in [4.69, 9.17) is 9.26 Å². The molecule has 156 valence electrons. The van der Waals surface area contributed by atoms with Crippen molar-refractivity contribution in [3.05, 3.63) is 76.7 Å². The molecule has 0 saturated carbocycles. The second kappa shape index (κ2) is 9.98. The highest BCUT2D eigenvalue weighted by molar-refractivity contribution is 8.00. The van der Waals surface area contributed by atoms with Crippen LogP contribution in [-0.2, 0) is 11.4 Å². The largest absolute Gasteiger partial charge is 0.489 e. The summed E-state index contributed by atoms with van der Waals surface area (Å²) >= 11 is 1.40. The summed E-state index contributed by atoms with van der Waals surface area (Å²) in [4.78, 5) is 25.3. The van der Waals surface area contributed by atoms with Gasteiger partial charge in [-0.25, -0.2) is 0 Å². The lowest BCUT2D eigenvalue weighted by molar-refractivity contribution is -0.119. The SMILES string of the molecule is Cc1ccc(SCC(=O)NNC(=O)c2cccc(OCc3c(C)noc3C)c2)cc1. The van der Waals surface area contributed by atoms with Crippen LogP contribution in [0.4, 0.5) is 0 Å². The van der Waals surface area contributed by atoms with Crippen molar-refractivity contribution in [2.45, 2.75) is 32.3 Å². The maximum absolute atomic E-state index is 12.3. The Morgan fingerprint density at radius 2 is 1.83 bits per heavy atom. The molecule has 0 aliphatic heterocycles. The van der Waals surface area contributed by atoms with E-state index in [1.807, 2.05) is 45.0 Å². The molecule has 0 fully saturated rings. The first-order chi connectivity index (χ1) is 14.4. The van der Waals surface area contributed by atoms with E-state index in [0.717, 1.165) is 21.7 Å². The number of hydrogen-bond donors (Lipinski definition) is 2. The molecule has 2 N–H and O–H groups in total. The molecule has 0 radical (unpaired) electrons. The molecule has 0 aliphatic carbocycles. The van der Waals surface area contributed by atoms with Crippen molar-refractivity contribution in [3.63, 3.8) is 0 Å². The van der Waals surface area contributed by atoms with E-state index in [1.54, 1.807) is 24.3 Å². The number of ether oxygens (including phenoxy) is 1. The van der Waals surface area contributed by atoms with Gasteiger partial charge in [-0.1, -0.05) is 28.9 Å². The molecular weight excluding hydrogens is 402 g/mol. The third-order valence-electron chi connectivity index (χ3n) is 4.37. The first-order valence-corrected chi connectivity index (χ1v) is 10.3. The van der Waals surface area contributed by atoms with Gasteiger partial charge in [0.15, 0.2) is 0 Å². The van der Waals surface area contributed by atoms with Crippen LogP contribution in [0.2, 0.25) is 0 Å². The number of aromatic nitrogens is 1. The Hall–Kier alpha value is -3.26. The molecule has 8 heteroatoms. The maximum atomic E-state index is 12.3. The average Bonchev–Trinajstić information content (AvgIpc) is 3.07. The Bertz CT molecular complexity index is 1010. The number of aryl methyl sites for hydroxylation is 3. The van der Waals surface area contributed by atoms with E-state index in [2.05, 4.69) is 16.0 Å². The number of nitrogens with one attached hydrogen (secondary N) is 2. The molecule has 7 nitrogen and oxygen atoms in total. The lowest BCUT2D eigenvalue weighted by Crippen LogP contribution is -2.42. The van der Waals surface area contributed by atoms with Crippen molar-refractivity contribution in [2.75, 3.05) is 5.75 Å². The molecule has 1 heterocycles. The third-order valence-corrected chi connectivity index (χ3v) is 5.38. The molecular formula is C22H23N3O4S. The first-order valence-electron chi connectivity index (χ1n) is 9.35. The van der Waals surface area contributed by atoms with Crippen LogP contribution in [0.25, 0.3) is 0 Å². The zero-order chi connectivity index (χ0) is 21.5. The number of rotatable bonds is 7. The van der Waals surface area contributed by atoms with Crippen molar-refractivity contribution >= 4 is 23.6 Å². The minimum absolute atomic E-state index is 0.198. The fourth-order valence-corrected chi connectivity index (χ4v) is 3.31. The standard InChI is InChI=1S/C22H23N3O4S/c1-14-7-9-19(10-8-14)30-13-21(26)23-24-22(27)17-5-4-6-18(11-17)28-12-20-15(2)25-29-16(20)3/h4-11H,12-13H2,1-3H3,(H,23,26)(H,24,27). The maximum Gasteiger partial charge on any atom is 0.269 e. The second-order valence-electron chi connectivity index (χ2n) is 6.72. The predicted octanol–water partition coefficient (Wildman–Crippen LogP) is 3.73. The van der Waals surface area contributed by atoms with E-state index in [0.29, 0.717) is 23.7 Å². The van der Waals surface area contributed by atoms with Crippen molar-refractivity contribution in [2.24, 2.45) is 0 Å². The van der Waals surface area contributed by atoms with Gasteiger partial charge in [-0.3, -0.25) is 20.4 Å². The summed E-state index contributed by atoms with van der Waals surface area (Å²) in [6.45, 7) is 5.97. The van der Waals surface area contributed by atoms with Gasteiger partial charge in [0.1, 0.15) is 18.1 Å². The van der Waals surface area contributed by atoms with Gasteiger partial charge in [0.25, 0.3) is 5.91 Å². The van der Waals surface area contributed by atoms with E-state index < -0.39 is 5.91 Å². The highest BCUT2D eigenvalue weighted by Crippen LogP contribution is 2.19. The number of amides is 2. The highest BCUT2D eigenvalue weighted by atomic mass is 32.2. The number of hydrogen-bond acceptors (Lipinski definition) is 6. The van der Waals surface area contributed by atoms with Crippen molar-refractivity contribution in [1.29, 1.82) is 0 Å². The fourth-order valence-electron chi connectivity index (χ4n) is 2.61. The predicted molar refractivity (Wildman–Crippen MR) is 114 cm³/mol. The summed E-state index contributed by atoms with van der Waals surface area (Å²) in [5.41, 5.74) is 8.04. The zero-order valence-electron chi connectivity index (χ0n) is 17.0. The summed E-state index contributed by atoms with van der Waals surface area (Å²) in [5, 5.41) is 3.89. The van der Waals surface area contributed by atoms with Crippen LogP contribution in [0, 0.1) is 20.8 Å².